The summed E-state index contributed by atoms with van der Waals surface area (Å²) >= 11 is 5.97. The summed E-state index contributed by atoms with van der Waals surface area (Å²) in [5.41, 5.74) is 3.75. The van der Waals surface area contributed by atoms with Crippen LogP contribution in [0.3, 0.4) is 0 Å². The predicted octanol–water partition coefficient (Wildman–Crippen LogP) is 6.06. The second-order valence-electron chi connectivity index (χ2n) is 7.32. The lowest BCUT2D eigenvalue weighted by Crippen LogP contribution is -2.07. The van der Waals surface area contributed by atoms with Gasteiger partial charge in [0.05, 0.1) is 4.90 Å². The van der Waals surface area contributed by atoms with E-state index in [0.29, 0.717) is 17.1 Å². The number of oxazole rings is 1. The molecule has 31 heavy (non-hydrogen) atoms. The highest BCUT2D eigenvalue weighted by molar-refractivity contribution is 7.91. The number of rotatable bonds is 6. The topological polar surface area (TPSA) is 72.2 Å². The van der Waals surface area contributed by atoms with Gasteiger partial charge in [0.1, 0.15) is 0 Å². The van der Waals surface area contributed by atoms with Crippen molar-refractivity contribution in [1.82, 2.24) is 4.98 Å². The van der Waals surface area contributed by atoms with E-state index in [4.69, 9.17) is 16.0 Å². The molecule has 1 heterocycles. The molecule has 0 bridgehead atoms. The minimum Gasteiger partial charge on any atom is -0.419 e. The molecule has 158 valence electrons. The monoisotopic (exact) mass is 452 g/mol. The number of sulfone groups is 1. The number of aromatic nitrogens is 1. The van der Waals surface area contributed by atoms with Gasteiger partial charge in [-0.25, -0.2) is 8.42 Å². The predicted molar refractivity (Wildman–Crippen MR) is 122 cm³/mol. The molecular formula is C24H21ClN2O3S. The van der Waals surface area contributed by atoms with Crippen LogP contribution < -0.4 is 5.32 Å². The van der Waals surface area contributed by atoms with Gasteiger partial charge in [-0.05, 0) is 55.8 Å². The van der Waals surface area contributed by atoms with Crippen LogP contribution in [0.2, 0.25) is 5.02 Å². The molecule has 1 N–H and O–H groups in total. The van der Waals surface area contributed by atoms with Crippen LogP contribution in [-0.2, 0) is 16.4 Å². The zero-order chi connectivity index (χ0) is 22.0. The van der Waals surface area contributed by atoms with Crippen molar-refractivity contribution >= 4 is 27.3 Å². The molecule has 0 saturated heterocycles. The van der Waals surface area contributed by atoms with E-state index in [1.165, 1.54) is 0 Å². The van der Waals surface area contributed by atoms with Crippen molar-refractivity contribution in [3.8, 4) is 11.5 Å². The largest absolute Gasteiger partial charge is 0.419 e. The Morgan fingerprint density at radius 1 is 0.871 bits per heavy atom. The number of halogens is 1. The van der Waals surface area contributed by atoms with Crippen molar-refractivity contribution in [2.45, 2.75) is 30.3 Å². The van der Waals surface area contributed by atoms with Gasteiger partial charge >= 0.3 is 0 Å². The van der Waals surface area contributed by atoms with E-state index < -0.39 is 9.84 Å². The maximum absolute atomic E-state index is 13.3. The Bertz CT molecular complexity index is 1290. The summed E-state index contributed by atoms with van der Waals surface area (Å²) in [4.78, 5) is 4.51. The first-order chi connectivity index (χ1) is 14.8. The second kappa shape index (κ2) is 8.57. The van der Waals surface area contributed by atoms with Gasteiger partial charge in [0.25, 0.3) is 0 Å². The lowest BCUT2D eigenvalue weighted by molar-refractivity contribution is 0.576. The van der Waals surface area contributed by atoms with Crippen LogP contribution in [0.15, 0.2) is 87.1 Å². The van der Waals surface area contributed by atoms with Gasteiger partial charge in [0, 0.05) is 17.1 Å². The molecule has 0 spiro atoms. The lowest BCUT2D eigenvalue weighted by Gasteiger charge is -2.07. The number of anilines is 1. The van der Waals surface area contributed by atoms with Gasteiger partial charge in [-0.1, -0.05) is 59.1 Å². The Kier molecular flexibility index (Phi) is 5.85. The highest BCUT2D eigenvalue weighted by Gasteiger charge is 2.28. The third-order valence-electron chi connectivity index (χ3n) is 4.85. The van der Waals surface area contributed by atoms with Crippen molar-refractivity contribution in [1.29, 1.82) is 0 Å². The van der Waals surface area contributed by atoms with E-state index in [2.05, 4.69) is 10.3 Å². The molecule has 1 aromatic heterocycles. The lowest BCUT2D eigenvalue weighted by atomic mass is 10.1. The number of aryl methyl sites for hydroxylation is 2. The number of nitrogens with zero attached hydrogens (tertiary/aromatic N) is 1. The van der Waals surface area contributed by atoms with E-state index in [1.807, 2.05) is 38.1 Å². The molecule has 0 aliphatic carbocycles. The first kappa shape index (κ1) is 21.2. The number of benzene rings is 3. The molecular weight excluding hydrogens is 432 g/mol. The van der Waals surface area contributed by atoms with Gasteiger partial charge < -0.3 is 9.73 Å². The van der Waals surface area contributed by atoms with E-state index >= 15 is 0 Å². The van der Waals surface area contributed by atoms with Gasteiger partial charge in [-0.2, -0.15) is 4.98 Å². The maximum atomic E-state index is 13.3. The molecule has 0 amide bonds. The smallest absolute Gasteiger partial charge is 0.234 e. The number of hydrogen-bond acceptors (Lipinski definition) is 5. The van der Waals surface area contributed by atoms with Gasteiger partial charge in [0.15, 0.2) is 0 Å². The average Bonchev–Trinajstić information content (AvgIpc) is 3.19. The Balaban J connectivity index is 1.74. The third-order valence-corrected chi connectivity index (χ3v) is 6.78. The minimum absolute atomic E-state index is 0.103. The summed E-state index contributed by atoms with van der Waals surface area (Å²) in [6.07, 6.45) is 0. The first-order valence-corrected chi connectivity index (χ1v) is 11.6. The normalized spacial score (nSPS) is 11.5. The summed E-state index contributed by atoms with van der Waals surface area (Å²) in [5.74, 6) is 0.305. The molecule has 0 aliphatic rings. The van der Waals surface area contributed by atoms with E-state index in [1.54, 1.807) is 48.5 Å². The van der Waals surface area contributed by atoms with E-state index in [0.717, 1.165) is 16.7 Å². The third kappa shape index (κ3) is 4.65. The Hall–Kier alpha value is -3.09. The SMILES string of the molecule is Cc1ccc(CNc2oc(-c3ccc(Cl)cc3)nc2S(=O)(=O)c2ccc(C)cc2)cc1. The van der Waals surface area contributed by atoms with Crippen molar-refractivity contribution < 1.29 is 12.8 Å². The van der Waals surface area contributed by atoms with Gasteiger partial charge in [-0.3, -0.25) is 0 Å². The summed E-state index contributed by atoms with van der Waals surface area (Å²) in [6.45, 7) is 4.31. The van der Waals surface area contributed by atoms with Crippen LogP contribution in [0.25, 0.3) is 11.5 Å². The van der Waals surface area contributed by atoms with Crippen molar-refractivity contribution in [2.75, 3.05) is 5.32 Å². The fourth-order valence-electron chi connectivity index (χ4n) is 3.03. The van der Waals surface area contributed by atoms with E-state index in [-0.39, 0.29) is 21.7 Å². The molecule has 0 fully saturated rings. The van der Waals surface area contributed by atoms with Crippen LogP contribution in [0.5, 0.6) is 0 Å². The molecule has 4 aromatic rings. The Morgan fingerprint density at radius 3 is 2.06 bits per heavy atom. The standard InChI is InChI=1S/C24H21ClN2O3S/c1-16-3-7-18(8-4-16)15-26-23-24(31(28,29)21-13-5-17(2)6-14-21)27-22(30-23)19-9-11-20(25)12-10-19/h3-14,26H,15H2,1-2H3. The van der Waals surface area contributed by atoms with Gasteiger partial charge in [0.2, 0.25) is 26.6 Å². The van der Waals surface area contributed by atoms with Crippen LogP contribution in [0, 0.1) is 13.8 Å². The molecule has 0 saturated carbocycles. The minimum atomic E-state index is -3.89. The molecule has 4 rings (SSSR count). The van der Waals surface area contributed by atoms with Crippen LogP contribution in [0.1, 0.15) is 16.7 Å². The van der Waals surface area contributed by atoms with Crippen LogP contribution in [-0.4, -0.2) is 13.4 Å². The first-order valence-electron chi connectivity index (χ1n) is 9.71. The summed E-state index contributed by atoms with van der Waals surface area (Å²) in [7, 11) is -3.89. The molecule has 0 atom stereocenters. The van der Waals surface area contributed by atoms with Crippen molar-refractivity contribution in [3.63, 3.8) is 0 Å². The molecule has 5 nitrogen and oxygen atoms in total. The second-order valence-corrected chi connectivity index (χ2v) is 9.62. The quantitative estimate of drug-likeness (QED) is 0.385. The van der Waals surface area contributed by atoms with Crippen molar-refractivity contribution in [2.24, 2.45) is 0 Å². The Morgan fingerprint density at radius 2 is 1.45 bits per heavy atom. The maximum Gasteiger partial charge on any atom is 0.234 e. The van der Waals surface area contributed by atoms with Crippen LogP contribution in [0.4, 0.5) is 5.88 Å². The van der Waals surface area contributed by atoms with Crippen LogP contribution >= 0.6 is 11.6 Å². The van der Waals surface area contributed by atoms with Crippen molar-refractivity contribution in [3.05, 3.63) is 94.5 Å². The highest BCUT2D eigenvalue weighted by atomic mass is 35.5. The number of hydrogen-bond donors (Lipinski definition) is 1. The molecule has 3 aromatic carbocycles. The molecule has 0 unspecified atom stereocenters. The highest BCUT2D eigenvalue weighted by Crippen LogP contribution is 2.33. The summed E-state index contributed by atoms with van der Waals surface area (Å²) in [6, 6.07) is 21.5. The van der Waals surface area contributed by atoms with Gasteiger partial charge in [-0.15, -0.1) is 0 Å². The fourth-order valence-corrected chi connectivity index (χ4v) is 4.44. The molecule has 0 radical (unpaired) electrons. The molecule has 0 aliphatic heterocycles. The van der Waals surface area contributed by atoms with E-state index in [9.17, 15) is 8.42 Å². The zero-order valence-corrected chi connectivity index (χ0v) is 18.7. The zero-order valence-electron chi connectivity index (χ0n) is 17.1. The molecule has 7 heteroatoms. The summed E-state index contributed by atoms with van der Waals surface area (Å²) in [5, 5.41) is 3.53. The fraction of sp³-hybridized carbons (Fsp3) is 0.125. The average molecular weight is 453 g/mol. The number of nitrogens with one attached hydrogen (secondary N) is 1. The summed E-state index contributed by atoms with van der Waals surface area (Å²) < 4.78 is 32.5. The Labute approximate surface area is 186 Å².